The molecular formula is C13H17BrN2O. The normalized spacial score (nSPS) is 20.0. The number of likely N-dealkylation sites (N-methyl/N-ethyl adjacent to an activating group) is 1. The van der Waals surface area contributed by atoms with E-state index in [2.05, 4.69) is 27.3 Å². The number of carbonyl (C=O) groups excluding carboxylic acids is 1. The highest BCUT2D eigenvalue weighted by Gasteiger charge is 2.30. The van der Waals surface area contributed by atoms with E-state index in [-0.39, 0.29) is 11.9 Å². The van der Waals surface area contributed by atoms with Crippen molar-refractivity contribution in [1.82, 2.24) is 10.2 Å². The van der Waals surface area contributed by atoms with Gasteiger partial charge in [-0.3, -0.25) is 4.79 Å². The van der Waals surface area contributed by atoms with Crippen LogP contribution in [0.15, 0.2) is 28.7 Å². The van der Waals surface area contributed by atoms with Gasteiger partial charge in [-0.1, -0.05) is 41.1 Å². The molecule has 1 aliphatic rings. The van der Waals surface area contributed by atoms with Gasteiger partial charge in [0.1, 0.15) is 0 Å². The number of hydrogen-bond donors (Lipinski definition) is 1. The Labute approximate surface area is 110 Å². The van der Waals surface area contributed by atoms with Crippen molar-refractivity contribution >= 4 is 21.8 Å². The smallest absolute Gasteiger partial charge is 0.240 e. The number of amides is 1. The van der Waals surface area contributed by atoms with Gasteiger partial charge in [0.2, 0.25) is 5.91 Å². The summed E-state index contributed by atoms with van der Waals surface area (Å²) in [5.74, 6) is 0.225. The van der Waals surface area contributed by atoms with Gasteiger partial charge in [0.25, 0.3) is 0 Å². The zero-order valence-electron chi connectivity index (χ0n) is 9.95. The molecule has 1 amide bonds. The number of carbonyl (C=O) groups is 1. The van der Waals surface area contributed by atoms with E-state index in [4.69, 9.17) is 0 Å². The second-order valence-corrected chi connectivity index (χ2v) is 5.10. The van der Waals surface area contributed by atoms with Crippen LogP contribution in [0.5, 0.6) is 0 Å². The van der Waals surface area contributed by atoms with Crippen molar-refractivity contribution in [3.8, 4) is 0 Å². The third-order valence-corrected chi connectivity index (χ3v) is 3.84. The number of hydrogen-bond acceptors (Lipinski definition) is 2. The van der Waals surface area contributed by atoms with Gasteiger partial charge in [0.05, 0.1) is 6.04 Å². The molecule has 2 rings (SSSR count). The maximum Gasteiger partial charge on any atom is 0.240 e. The zero-order valence-corrected chi connectivity index (χ0v) is 11.5. The molecule has 1 unspecified atom stereocenters. The molecule has 0 aliphatic carbocycles. The van der Waals surface area contributed by atoms with Crippen LogP contribution in [0.3, 0.4) is 0 Å². The van der Waals surface area contributed by atoms with Crippen molar-refractivity contribution in [2.75, 3.05) is 13.1 Å². The van der Waals surface area contributed by atoms with E-state index >= 15 is 0 Å². The fourth-order valence-electron chi connectivity index (χ4n) is 2.16. The molecule has 1 aromatic rings. The van der Waals surface area contributed by atoms with Crippen LogP contribution in [0.25, 0.3) is 0 Å². The molecule has 4 heteroatoms. The molecule has 3 nitrogen and oxygen atoms in total. The van der Waals surface area contributed by atoms with Crippen LogP contribution in [-0.2, 0) is 11.3 Å². The van der Waals surface area contributed by atoms with Crippen molar-refractivity contribution in [1.29, 1.82) is 0 Å². The Hall–Kier alpha value is -0.870. The predicted octanol–water partition coefficient (Wildman–Crippen LogP) is 2.16. The van der Waals surface area contributed by atoms with Gasteiger partial charge in [0.15, 0.2) is 0 Å². The first-order chi connectivity index (χ1) is 8.22. The highest BCUT2D eigenvalue weighted by atomic mass is 79.9. The fraction of sp³-hybridized carbons (Fsp3) is 0.462. The van der Waals surface area contributed by atoms with Crippen LogP contribution in [0.2, 0.25) is 0 Å². The van der Waals surface area contributed by atoms with Crippen LogP contribution in [-0.4, -0.2) is 29.9 Å². The van der Waals surface area contributed by atoms with E-state index in [0.717, 1.165) is 29.5 Å². The second kappa shape index (κ2) is 5.65. The van der Waals surface area contributed by atoms with E-state index in [1.165, 1.54) is 0 Å². The molecule has 1 atom stereocenters. The summed E-state index contributed by atoms with van der Waals surface area (Å²) in [4.78, 5) is 14.0. The maximum absolute atomic E-state index is 12.1. The lowest BCUT2D eigenvalue weighted by atomic mass is 10.2. The predicted molar refractivity (Wildman–Crippen MR) is 71.6 cm³/mol. The highest BCUT2D eigenvalue weighted by Crippen LogP contribution is 2.21. The molecule has 0 spiro atoms. The number of benzene rings is 1. The van der Waals surface area contributed by atoms with Crippen LogP contribution in [0.1, 0.15) is 18.9 Å². The van der Waals surface area contributed by atoms with E-state index in [0.29, 0.717) is 6.54 Å². The van der Waals surface area contributed by atoms with Gasteiger partial charge in [0, 0.05) is 17.6 Å². The van der Waals surface area contributed by atoms with E-state index in [1.54, 1.807) is 0 Å². The Kier molecular flexibility index (Phi) is 4.18. The molecule has 1 heterocycles. The highest BCUT2D eigenvalue weighted by molar-refractivity contribution is 9.10. The molecule has 0 saturated carbocycles. The summed E-state index contributed by atoms with van der Waals surface area (Å²) in [6.07, 6.45) is 0.914. The Morgan fingerprint density at radius 2 is 2.24 bits per heavy atom. The SMILES string of the molecule is CCNC1CCN(Cc2ccccc2Br)C1=O. The van der Waals surface area contributed by atoms with Gasteiger partial charge in [-0.25, -0.2) is 0 Å². The summed E-state index contributed by atoms with van der Waals surface area (Å²) in [5, 5.41) is 3.22. The number of nitrogens with one attached hydrogen (secondary N) is 1. The van der Waals surface area contributed by atoms with Crippen LogP contribution >= 0.6 is 15.9 Å². The van der Waals surface area contributed by atoms with E-state index < -0.39 is 0 Å². The van der Waals surface area contributed by atoms with Gasteiger partial charge in [-0.15, -0.1) is 0 Å². The van der Waals surface area contributed by atoms with Crippen molar-refractivity contribution in [2.24, 2.45) is 0 Å². The maximum atomic E-state index is 12.1. The molecule has 1 saturated heterocycles. The molecule has 0 aromatic heterocycles. The summed E-state index contributed by atoms with van der Waals surface area (Å²) in [6.45, 7) is 4.42. The van der Waals surface area contributed by atoms with E-state index in [1.807, 2.05) is 30.0 Å². The third kappa shape index (κ3) is 2.87. The minimum absolute atomic E-state index is 0.0162. The Morgan fingerprint density at radius 3 is 2.94 bits per heavy atom. The largest absolute Gasteiger partial charge is 0.337 e. The van der Waals surface area contributed by atoms with Crippen molar-refractivity contribution < 1.29 is 4.79 Å². The monoisotopic (exact) mass is 296 g/mol. The van der Waals surface area contributed by atoms with Gasteiger partial charge < -0.3 is 10.2 Å². The molecule has 1 aliphatic heterocycles. The summed E-state index contributed by atoms with van der Waals surface area (Å²) in [7, 11) is 0. The van der Waals surface area contributed by atoms with Crippen LogP contribution in [0.4, 0.5) is 0 Å². The summed E-state index contributed by atoms with van der Waals surface area (Å²) < 4.78 is 1.07. The Morgan fingerprint density at radius 1 is 1.47 bits per heavy atom. The van der Waals surface area contributed by atoms with Crippen molar-refractivity contribution in [2.45, 2.75) is 25.9 Å². The lowest BCUT2D eigenvalue weighted by molar-refractivity contribution is -0.129. The average Bonchev–Trinajstić information content (AvgIpc) is 2.65. The first kappa shape index (κ1) is 12.6. The Balaban J connectivity index is 2.02. The average molecular weight is 297 g/mol. The second-order valence-electron chi connectivity index (χ2n) is 4.25. The minimum Gasteiger partial charge on any atom is -0.337 e. The quantitative estimate of drug-likeness (QED) is 0.923. The standard InChI is InChI=1S/C13H17BrN2O/c1-2-15-12-7-8-16(13(12)17)9-10-5-3-4-6-11(10)14/h3-6,12,15H,2,7-9H2,1H3. The van der Waals surface area contributed by atoms with Crippen molar-refractivity contribution in [3.05, 3.63) is 34.3 Å². The van der Waals surface area contributed by atoms with Crippen LogP contribution in [0, 0.1) is 0 Å². The third-order valence-electron chi connectivity index (χ3n) is 3.07. The van der Waals surface area contributed by atoms with Gasteiger partial charge in [-0.05, 0) is 24.6 Å². The fourth-order valence-corrected chi connectivity index (χ4v) is 2.57. The molecule has 1 aromatic carbocycles. The molecule has 1 fully saturated rings. The topological polar surface area (TPSA) is 32.3 Å². The lowest BCUT2D eigenvalue weighted by Crippen LogP contribution is -2.37. The first-order valence-electron chi connectivity index (χ1n) is 5.98. The van der Waals surface area contributed by atoms with Crippen LogP contribution < -0.4 is 5.32 Å². The summed E-state index contributed by atoms with van der Waals surface area (Å²) >= 11 is 3.52. The molecule has 0 radical (unpaired) electrons. The number of halogens is 1. The molecule has 0 bridgehead atoms. The van der Waals surface area contributed by atoms with Crippen molar-refractivity contribution in [3.63, 3.8) is 0 Å². The molecule has 17 heavy (non-hydrogen) atoms. The Bertz CT molecular complexity index is 408. The van der Waals surface area contributed by atoms with E-state index in [9.17, 15) is 4.79 Å². The number of nitrogens with zero attached hydrogens (tertiary/aromatic N) is 1. The van der Waals surface area contributed by atoms with Gasteiger partial charge >= 0.3 is 0 Å². The zero-order chi connectivity index (χ0) is 12.3. The first-order valence-corrected chi connectivity index (χ1v) is 6.77. The minimum atomic E-state index is 0.0162. The number of rotatable bonds is 4. The summed E-state index contributed by atoms with van der Waals surface area (Å²) in [5.41, 5.74) is 1.16. The molecular weight excluding hydrogens is 280 g/mol. The summed E-state index contributed by atoms with van der Waals surface area (Å²) in [6, 6.07) is 8.07. The molecule has 1 N–H and O–H groups in total. The lowest BCUT2D eigenvalue weighted by Gasteiger charge is -2.17. The number of likely N-dealkylation sites (tertiary alicyclic amines) is 1. The molecule has 92 valence electrons. The van der Waals surface area contributed by atoms with Gasteiger partial charge in [-0.2, -0.15) is 0 Å².